The van der Waals surface area contributed by atoms with Crippen LogP contribution in [0.2, 0.25) is 0 Å². The van der Waals surface area contributed by atoms with E-state index in [2.05, 4.69) is 20.7 Å². The van der Waals surface area contributed by atoms with Crippen molar-refractivity contribution in [2.75, 3.05) is 6.54 Å². The van der Waals surface area contributed by atoms with Gasteiger partial charge in [0, 0.05) is 19.8 Å². The molecule has 0 radical (unpaired) electrons. The summed E-state index contributed by atoms with van der Waals surface area (Å²) in [7, 11) is 1.82. The molecule has 0 spiro atoms. The van der Waals surface area contributed by atoms with Crippen LogP contribution in [0.15, 0.2) is 18.5 Å². The number of carbonyl (C=O) groups is 1. The van der Waals surface area contributed by atoms with Gasteiger partial charge in [-0.05, 0) is 6.07 Å². The molecule has 3 N–H and O–H groups in total. The average Bonchev–Trinajstić information content (AvgIpc) is 2.96. The van der Waals surface area contributed by atoms with Gasteiger partial charge < -0.3 is 11.1 Å². The maximum atomic E-state index is 11.7. The van der Waals surface area contributed by atoms with E-state index in [1.807, 2.05) is 19.3 Å². The van der Waals surface area contributed by atoms with Crippen LogP contribution in [0, 0.1) is 0 Å². The molecule has 0 unspecified atom stereocenters. The maximum Gasteiger partial charge on any atom is 0.273 e. The minimum Gasteiger partial charge on any atom is -0.345 e. The Morgan fingerprint density at radius 2 is 2.39 bits per heavy atom. The van der Waals surface area contributed by atoms with Gasteiger partial charge >= 0.3 is 0 Å². The third-order valence-electron chi connectivity index (χ3n) is 2.33. The van der Waals surface area contributed by atoms with Crippen molar-refractivity contribution in [1.29, 1.82) is 0 Å². The first-order chi connectivity index (χ1) is 8.69. The number of amides is 1. The van der Waals surface area contributed by atoms with Gasteiger partial charge in [-0.25, -0.2) is 0 Å². The SMILES string of the molecule is Cn1ccc(CNC(=O)c2cn(CCN)nn2)n1. The second-order valence-electron chi connectivity index (χ2n) is 3.82. The number of aromatic nitrogens is 5. The number of aryl methyl sites for hydroxylation is 1. The van der Waals surface area contributed by atoms with Crippen LogP contribution in [0.5, 0.6) is 0 Å². The molecular weight excluding hydrogens is 234 g/mol. The molecule has 96 valence electrons. The van der Waals surface area contributed by atoms with Crippen LogP contribution < -0.4 is 11.1 Å². The highest BCUT2D eigenvalue weighted by molar-refractivity contribution is 5.91. The second-order valence-corrected chi connectivity index (χ2v) is 3.82. The maximum absolute atomic E-state index is 11.7. The summed E-state index contributed by atoms with van der Waals surface area (Å²) in [4.78, 5) is 11.7. The Labute approximate surface area is 104 Å². The van der Waals surface area contributed by atoms with Crippen molar-refractivity contribution in [2.45, 2.75) is 13.1 Å². The normalized spacial score (nSPS) is 10.6. The predicted molar refractivity (Wildman–Crippen MR) is 63.5 cm³/mol. The Kier molecular flexibility index (Phi) is 3.68. The lowest BCUT2D eigenvalue weighted by atomic mass is 10.4. The summed E-state index contributed by atoms with van der Waals surface area (Å²) in [6.45, 7) is 1.36. The summed E-state index contributed by atoms with van der Waals surface area (Å²) in [5, 5.41) is 14.4. The van der Waals surface area contributed by atoms with E-state index in [0.717, 1.165) is 5.69 Å². The van der Waals surface area contributed by atoms with Crippen molar-refractivity contribution < 1.29 is 4.79 Å². The first kappa shape index (κ1) is 12.2. The van der Waals surface area contributed by atoms with Crippen molar-refractivity contribution in [3.63, 3.8) is 0 Å². The topological polar surface area (TPSA) is 104 Å². The smallest absolute Gasteiger partial charge is 0.273 e. The molecule has 0 aromatic carbocycles. The van der Waals surface area contributed by atoms with Gasteiger partial charge in [0.25, 0.3) is 5.91 Å². The highest BCUT2D eigenvalue weighted by atomic mass is 16.2. The van der Waals surface area contributed by atoms with Crippen molar-refractivity contribution in [1.82, 2.24) is 30.1 Å². The Balaban J connectivity index is 1.90. The monoisotopic (exact) mass is 249 g/mol. The molecule has 2 heterocycles. The lowest BCUT2D eigenvalue weighted by Crippen LogP contribution is -2.23. The van der Waals surface area contributed by atoms with E-state index in [9.17, 15) is 4.79 Å². The number of nitrogens with one attached hydrogen (secondary N) is 1. The zero-order valence-corrected chi connectivity index (χ0v) is 10.1. The fraction of sp³-hybridized carbons (Fsp3) is 0.400. The molecule has 0 aliphatic rings. The molecule has 0 atom stereocenters. The summed E-state index contributed by atoms with van der Waals surface area (Å²) in [5.41, 5.74) is 6.45. The van der Waals surface area contributed by atoms with Crippen molar-refractivity contribution in [2.24, 2.45) is 12.8 Å². The molecule has 1 amide bonds. The highest BCUT2D eigenvalue weighted by Gasteiger charge is 2.10. The summed E-state index contributed by atoms with van der Waals surface area (Å²) in [6, 6.07) is 1.84. The molecule has 18 heavy (non-hydrogen) atoms. The number of nitrogens with two attached hydrogens (primary N) is 1. The van der Waals surface area contributed by atoms with Gasteiger partial charge in [0.1, 0.15) is 0 Å². The Bertz CT molecular complexity index is 530. The molecule has 0 saturated heterocycles. The number of rotatable bonds is 5. The average molecular weight is 249 g/mol. The Hall–Kier alpha value is -2.22. The van der Waals surface area contributed by atoms with E-state index >= 15 is 0 Å². The van der Waals surface area contributed by atoms with E-state index in [1.165, 1.54) is 4.68 Å². The zero-order valence-electron chi connectivity index (χ0n) is 10.1. The minimum absolute atomic E-state index is 0.274. The quantitative estimate of drug-likeness (QED) is 0.700. The Morgan fingerprint density at radius 1 is 1.56 bits per heavy atom. The van der Waals surface area contributed by atoms with Crippen LogP contribution in [0.1, 0.15) is 16.2 Å². The first-order valence-electron chi connectivity index (χ1n) is 5.56. The van der Waals surface area contributed by atoms with Crippen molar-refractivity contribution >= 4 is 5.91 Å². The van der Waals surface area contributed by atoms with Gasteiger partial charge in [-0.2, -0.15) is 5.10 Å². The fourth-order valence-corrected chi connectivity index (χ4v) is 1.46. The number of nitrogens with zero attached hydrogens (tertiary/aromatic N) is 5. The summed E-state index contributed by atoms with van der Waals surface area (Å²) in [6.07, 6.45) is 3.39. The summed E-state index contributed by atoms with van der Waals surface area (Å²) >= 11 is 0. The summed E-state index contributed by atoms with van der Waals surface area (Å²) in [5.74, 6) is -0.274. The number of hydrogen-bond donors (Lipinski definition) is 2. The van der Waals surface area contributed by atoms with Gasteiger partial charge in [0.05, 0.1) is 25.0 Å². The Morgan fingerprint density at radius 3 is 3.06 bits per heavy atom. The van der Waals surface area contributed by atoms with Gasteiger partial charge in [0.2, 0.25) is 0 Å². The van der Waals surface area contributed by atoms with Gasteiger partial charge in [-0.3, -0.25) is 14.2 Å². The lowest BCUT2D eigenvalue weighted by Gasteiger charge is -1.99. The van der Waals surface area contributed by atoms with Crippen LogP contribution in [0.3, 0.4) is 0 Å². The molecule has 0 aliphatic heterocycles. The number of hydrogen-bond acceptors (Lipinski definition) is 5. The molecule has 8 heteroatoms. The standard InChI is InChI=1S/C10H15N7O/c1-16-4-2-8(14-16)6-12-10(18)9-7-17(5-3-11)15-13-9/h2,4,7H,3,5-6,11H2,1H3,(H,12,18). The predicted octanol–water partition coefficient (Wildman–Crippen LogP) is -1.10. The highest BCUT2D eigenvalue weighted by Crippen LogP contribution is 1.96. The molecule has 0 bridgehead atoms. The van der Waals surface area contributed by atoms with Gasteiger partial charge in [-0.15, -0.1) is 5.10 Å². The molecule has 0 aliphatic carbocycles. The molecule has 8 nitrogen and oxygen atoms in total. The van der Waals surface area contributed by atoms with Crippen LogP contribution in [-0.2, 0) is 20.1 Å². The zero-order chi connectivity index (χ0) is 13.0. The van der Waals surface area contributed by atoms with E-state index in [1.54, 1.807) is 10.9 Å². The first-order valence-corrected chi connectivity index (χ1v) is 5.56. The third kappa shape index (κ3) is 2.92. The molecular formula is C10H15N7O. The van der Waals surface area contributed by atoms with E-state index in [-0.39, 0.29) is 11.6 Å². The third-order valence-corrected chi connectivity index (χ3v) is 2.33. The van der Waals surface area contributed by atoms with Crippen molar-refractivity contribution in [3.8, 4) is 0 Å². The molecule has 2 aromatic heterocycles. The number of carbonyl (C=O) groups excluding carboxylic acids is 1. The molecule has 2 aromatic rings. The molecule has 2 rings (SSSR count). The van der Waals surface area contributed by atoms with Crippen LogP contribution in [0.25, 0.3) is 0 Å². The lowest BCUT2D eigenvalue weighted by molar-refractivity contribution is 0.0945. The van der Waals surface area contributed by atoms with Crippen LogP contribution >= 0.6 is 0 Å². The van der Waals surface area contributed by atoms with E-state index in [0.29, 0.717) is 19.6 Å². The second kappa shape index (κ2) is 5.41. The van der Waals surface area contributed by atoms with Crippen molar-refractivity contribution in [3.05, 3.63) is 29.8 Å². The molecule has 0 fully saturated rings. The molecule has 0 saturated carbocycles. The van der Waals surface area contributed by atoms with E-state index in [4.69, 9.17) is 5.73 Å². The summed E-state index contributed by atoms with van der Waals surface area (Å²) < 4.78 is 3.22. The van der Waals surface area contributed by atoms with E-state index < -0.39 is 0 Å². The largest absolute Gasteiger partial charge is 0.345 e. The van der Waals surface area contributed by atoms with Crippen LogP contribution in [-0.4, -0.2) is 37.2 Å². The van der Waals surface area contributed by atoms with Crippen LogP contribution in [0.4, 0.5) is 0 Å². The fourth-order valence-electron chi connectivity index (χ4n) is 1.46. The van der Waals surface area contributed by atoms with Gasteiger partial charge in [-0.1, -0.05) is 5.21 Å². The minimum atomic E-state index is -0.274. The van der Waals surface area contributed by atoms with Gasteiger partial charge in [0.15, 0.2) is 5.69 Å².